The van der Waals surface area contributed by atoms with Gasteiger partial charge in [0.25, 0.3) is 0 Å². The number of nitrogens with zero attached hydrogens (tertiary/aromatic N) is 4. The standard InChI is InChI=1S/C12H12N6/c1-6-10(7(2)18-17-6)12-15-9-5-14-4-3-8(9)11(13)16-12/h3-5H,1-2H3,(H,17,18)(H2,13,15,16). The van der Waals surface area contributed by atoms with Gasteiger partial charge in [-0.15, -0.1) is 0 Å². The first-order valence-corrected chi connectivity index (χ1v) is 5.56. The van der Waals surface area contributed by atoms with Crippen LogP contribution in [0.3, 0.4) is 0 Å². The summed E-state index contributed by atoms with van der Waals surface area (Å²) in [4.78, 5) is 12.9. The number of nitrogens with one attached hydrogen (secondary N) is 1. The van der Waals surface area contributed by atoms with Gasteiger partial charge in [-0.1, -0.05) is 0 Å². The minimum Gasteiger partial charge on any atom is -0.383 e. The van der Waals surface area contributed by atoms with Gasteiger partial charge in [0.15, 0.2) is 5.82 Å². The Hall–Kier alpha value is -2.50. The van der Waals surface area contributed by atoms with E-state index in [1.165, 1.54) is 0 Å². The van der Waals surface area contributed by atoms with E-state index in [1.54, 1.807) is 12.4 Å². The van der Waals surface area contributed by atoms with Crippen molar-refractivity contribution in [2.24, 2.45) is 0 Å². The highest BCUT2D eigenvalue weighted by Gasteiger charge is 2.14. The maximum atomic E-state index is 5.95. The minimum absolute atomic E-state index is 0.456. The molecule has 0 fully saturated rings. The summed E-state index contributed by atoms with van der Waals surface area (Å²) in [6.45, 7) is 3.84. The van der Waals surface area contributed by atoms with Gasteiger partial charge in [0, 0.05) is 17.3 Å². The third-order valence-corrected chi connectivity index (χ3v) is 2.88. The predicted molar refractivity (Wildman–Crippen MR) is 68.8 cm³/mol. The lowest BCUT2D eigenvalue weighted by atomic mass is 10.1. The Kier molecular flexibility index (Phi) is 2.22. The molecule has 0 aromatic carbocycles. The number of nitrogens with two attached hydrogens (primary N) is 1. The van der Waals surface area contributed by atoms with Crippen molar-refractivity contribution < 1.29 is 0 Å². The van der Waals surface area contributed by atoms with Crippen molar-refractivity contribution in [3.05, 3.63) is 29.8 Å². The van der Waals surface area contributed by atoms with E-state index in [0.29, 0.717) is 11.6 Å². The first-order valence-electron chi connectivity index (χ1n) is 5.56. The van der Waals surface area contributed by atoms with Crippen molar-refractivity contribution in [3.8, 4) is 11.4 Å². The van der Waals surface area contributed by atoms with Crippen LogP contribution in [0.1, 0.15) is 11.4 Å². The van der Waals surface area contributed by atoms with Crippen molar-refractivity contribution in [3.63, 3.8) is 0 Å². The van der Waals surface area contributed by atoms with E-state index in [1.807, 2.05) is 19.9 Å². The van der Waals surface area contributed by atoms with Crippen LogP contribution in [0.15, 0.2) is 18.5 Å². The van der Waals surface area contributed by atoms with Gasteiger partial charge in [-0.25, -0.2) is 9.97 Å². The lowest BCUT2D eigenvalue weighted by Gasteiger charge is -2.04. The molecule has 3 N–H and O–H groups in total. The zero-order valence-electron chi connectivity index (χ0n) is 10.1. The maximum absolute atomic E-state index is 5.95. The zero-order chi connectivity index (χ0) is 12.7. The largest absolute Gasteiger partial charge is 0.383 e. The second kappa shape index (κ2) is 3.76. The molecule has 0 saturated carbocycles. The molecule has 18 heavy (non-hydrogen) atoms. The maximum Gasteiger partial charge on any atom is 0.165 e. The van der Waals surface area contributed by atoms with Crippen LogP contribution >= 0.6 is 0 Å². The molecular weight excluding hydrogens is 228 g/mol. The van der Waals surface area contributed by atoms with Crippen LogP contribution in [0.2, 0.25) is 0 Å². The molecule has 0 aliphatic carbocycles. The van der Waals surface area contributed by atoms with Crippen LogP contribution in [-0.2, 0) is 0 Å². The summed E-state index contributed by atoms with van der Waals surface area (Å²) in [7, 11) is 0. The molecule has 3 aromatic heterocycles. The number of aromatic nitrogens is 5. The SMILES string of the molecule is Cc1n[nH]c(C)c1-c1nc(N)c2ccncc2n1. The molecule has 6 heteroatoms. The van der Waals surface area contributed by atoms with E-state index >= 15 is 0 Å². The lowest BCUT2D eigenvalue weighted by Crippen LogP contribution is -1.99. The van der Waals surface area contributed by atoms with Crippen LogP contribution in [0, 0.1) is 13.8 Å². The van der Waals surface area contributed by atoms with Crippen molar-refractivity contribution in [2.75, 3.05) is 5.73 Å². The van der Waals surface area contributed by atoms with Gasteiger partial charge in [-0.05, 0) is 19.9 Å². The first kappa shape index (κ1) is 10.6. The number of hydrogen-bond acceptors (Lipinski definition) is 5. The number of pyridine rings is 1. The van der Waals surface area contributed by atoms with Crippen LogP contribution in [-0.4, -0.2) is 25.1 Å². The highest BCUT2D eigenvalue weighted by molar-refractivity contribution is 5.88. The Bertz CT molecular complexity index is 711. The molecule has 3 rings (SSSR count). The quantitative estimate of drug-likeness (QED) is 0.674. The predicted octanol–water partition coefficient (Wildman–Crippen LogP) is 1.61. The Morgan fingerprint density at radius 2 is 2.06 bits per heavy atom. The van der Waals surface area contributed by atoms with Gasteiger partial charge in [-0.3, -0.25) is 10.1 Å². The number of aryl methyl sites for hydroxylation is 2. The Morgan fingerprint density at radius 1 is 1.22 bits per heavy atom. The second-order valence-corrected chi connectivity index (χ2v) is 4.13. The van der Waals surface area contributed by atoms with Crippen LogP contribution in [0.4, 0.5) is 5.82 Å². The van der Waals surface area contributed by atoms with Gasteiger partial charge < -0.3 is 5.73 Å². The molecule has 0 amide bonds. The van der Waals surface area contributed by atoms with E-state index < -0.39 is 0 Å². The van der Waals surface area contributed by atoms with E-state index in [9.17, 15) is 0 Å². The average molecular weight is 240 g/mol. The molecule has 0 spiro atoms. The molecule has 0 radical (unpaired) electrons. The van der Waals surface area contributed by atoms with E-state index in [4.69, 9.17) is 5.73 Å². The Balaban J connectivity index is 2.31. The molecule has 6 nitrogen and oxygen atoms in total. The average Bonchev–Trinajstić information content (AvgIpc) is 2.69. The number of rotatable bonds is 1. The van der Waals surface area contributed by atoms with E-state index in [-0.39, 0.29) is 0 Å². The van der Waals surface area contributed by atoms with Crippen LogP contribution in [0.5, 0.6) is 0 Å². The fourth-order valence-corrected chi connectivity index (χ4v) is 2.00. The van der Waals surface area contributed by atoms with Gasteiger partial charge in [0.05, 0.1) is 23.0 Å². The molecule has 90 valence electrons. The number of hydrogen-bond donors (Lipinski definition) is 2. The third-order valence-electron chi connectivity index (χ3n) is 2.88. The second-order valence-electron chi connectivity index (χ2n) is 4.13. The first-order chi connectivity index (χ1) is 8.66. The van der Waals surface area contributed by atoms with Crippen LogP contribution in [0.25, 0.3) is 22.3 Å². The summed E-state index contributed by atoms with van der Waals surface area (Å²) in [6.07, 6.45) is 3.36. The van der Waals surface area contributed by atoms with Gasteiger partial charge in [-0.2, -0.15) is 5.10 Å². The molecule has 3 heterocycles. The normalized spacial score (nSPS) is 11.0. The van der Waals surface area contributed by atoms with E-state index in [0.717, 1.165) is 27.9 Å². The molecule has 0 saturated heterocycles. The van der Waals surface area contributed by atoms with E-state index in [2.05, 4.69) is 25.1 Å². The van der Waals surface area contributed by atoms with Gasteiger partial charge in [0.2, 0.25) is 0 Å². The van der Waals surface area contributed by atoms with Crippen molar-refractivity contribution in [2.45, 2.75) is 13.8 Å². The van der Waals surface area contributed by atoms with Crippen molar-refractivity contribution >= 4 is 16.7 Å². The highest BCUT2D eigenvalue weighted by atomic mass is 15.1. The number of fused-ring (bicyclic) bond motifs is 1. The molecule has 0 aliphatic rings. The summed E-state index contributed by atoms with van der Waals surface area (Å²) in [6, 6.07) is 1.81. The summed E-state index contributed by atoms with van der Waals surface area (Å²) in [5.41, 5.74) is 9.37. The van der Waals surface area contributed by atoms with Crippen LogP contribution < -0.4 is 5.73 Å². The number of anilines is 1. The summed E-state index contributed by atoms with van der Waals surface area (Å²) in [5.74, 6) is 1.04. The smallest absolute Gasteiger partial charge is 0.165 e. The summed E-state index contributed by atoms with van der Waals surface area (Å²) >= 11 is 0. The number of aromatic amines is 1. The topological polar surface area (TPSA) is 93.4 Å². The fourth-order valence-electron chi connectivity index (χ4n) is 2.00. The molecule has 0 bridgehead atoms. The third kappa shape index (κ3) is 1.50. The summed E-state index contributed by atoms with van der Waals surface area (Å²) in [5, 5.41) is 7.87. The minimum atomic E-state index is 0.456. The Labute approximate surface area is 103 Å². The lowest BCUT2D eigenvalue weighted by molar-refractivity contribution is 1.02. The monoisotopic (exact) mass is 240 g/mol. The molecule has 0 atom stereocenters. The van der Waals surface area contributed by atoms with Gasteiger partial charge >= 0.3 is 0 Å². The molecule has 0 unspecified atom stereocenters. The highest BCUT2D eigenvalue weighted by Crippen LogP contribution is 2.25. The molecule has 3 aromatic rings. The summed E-state index contributed by atoms with van der Waals surface area (Å²) < 4.78 is 0. The number of nitrogen functional groups attached to an aromatic ring is 1. The van der Waals surface area contributed by atoms with Crippen molar-refractivity contribution in [1.29, 1.82) is 0 Å². The van der Waals surface area contributed by atoms with Crippen molar-refractivity contribution in [1.82, 2.24) is 25.1 Å². The molecule has 0 aliphatic heterocycles. The molecular formula is C12H12N6. The van der Waals surface area contributed by atoms with Gasteiger partial charge in [0.1, 0.15) is 5.82 Å². The zero-order valence-corrected chi connectivity index (χ0v) is 10.1. The fraction of sp³-hybridized carbons (Fsp3) is 0.167. The number of H-pyrrole nitrogens is 1. The Morgan fingerprint density at radius 3 is 2.78 bits per heavy atom.